The number of carbonyl (C=O) groups excluding carboxylic acids is 2. The van der Waals surface area contributed by atoms with Gasteiger partial charge in [-0.05, 0) is 43.9 Å². The van der Waals surface area contributed by atoms with E-state index in [2.05, 4.69) is 23.6 Å². The Morgan fingerprint density at radius 2 is 1.42 bits per heavy atom. The van der Waals surface area contributed by atoms with Gasteiger partial charge in [0.2, 0.25) is 11.8 Å². The van der Waals surface area contributed by atoms with Gasteiger partial charge < -0.3 is 9.80 Å². The van der Waals surface area contributed by atoms with Crippen molar-refractivity contribution in [1.82, 2.24) is 14.7 Å². The molecule has 0 aromatic carbocycles. The molecule has 5 heteroatoms. The van der Waals surface area contributed by atoms with Crippen LogP contribution in [0.4, 0.5) is 0 Å². The Morgan fingerprint density at radius 3 is 2.00 bits per heavy atom. The molecule has 0 aromatic heterocycles. The molecule has 2 aliphatic heterocycles. The Labute approximate surface area is 159 Å². The summed E-state index contributed by atoms with van der Waals surface area (Å²) < 4.78 is 0. The van der Waals surface area contributed by atoms with Gasteiger partial charge in [-0.2, -0.15) is 0 Å². The van der Waals surface area contributed by atoms with Crippen LogP contribution in [0.15, 0.2) is 0 Å². The highest BCUT2D eigenvalue weighted by Gasteiger charge is 2.39. The summed E-state index contributed by atoms with van der Waals surface area (Å²) in [6.07, 6.45) is 9.12. The van der Waals surface area contributed by atoms with Crippen LogP contribution in [-0.2, 0) is 9.59 Å². The molecule has 1 saturated carbocycles. The zero-order chi connectivity index (χ0) is 18.5. The van der Waals surface area contributed by atoms with Crippen LogP contribution in [0.25, 0.3) is 0 Å². The lowest BCUT2D eigenvalue weighted by Gasteiger charge is -2.43. The van der Waals surface area contributed by atoms with Crippen molar-refractivity contribution in [2.24, 2.45) is 11.8 Å². The van der Waals surface area contributed by atoms with Gasteiger partial charge in [-0.3, -0.25) is 14.5 Å². The van der Waals surface area contributed by atoms with Crippen molar-refractivity contribution in [3.63, 3.8) is 0 Å². The Morgan fingerprint density at radius 1 is 0.808 bits per heavy atom. The highest BCUT2D eigenvalue weighted by Crippen LogP contribution is 2.32. The number of carbonyl (C=O) groups is 2. The van der Waals surface area contributed by atoms with Crippen molar-refractivity contribution in [3.05, 3.63) is 0 Å². The van der Waals surface area contributed by atoms with E-state index in [0.29, 0.717) is 24.2 Å². The fraction of sp³-hybridized carbons (Fsp3) is 0.905. The minimum absolute atomic E-state index is 0.0537. The molecule has 2 amide bonds. The number of piperidine rings is 1. The second kappa shape index (κ2) is 9.20. The van der Waals surface area contributed by atoms with Gasteiger partial charge in [-0.1, -0.05) is 26.7 Å². The number of hydrogen-bond donors (Lipinski definition) is 0. The van der Waals surface area contributed by atoms with E-state index < -0.39 is 0 Å². The second-order valence-electron chi connectivity index (χ2n) is 8.89. The van der Waals surface area contributed by atoms with Gasteiger partial charge in [0.05, 0.1) is 6.04 Å². The second-order valence-corrected chi connectivity index (χ2v) is 8.89. The minimum Gasteiger partial charge on any atom is -0.341 e. The number of likely N-dealkylation sites (tertiary alicyclic amines) is 1. The number of amides is 2. The van der Waals surface area contributed by atoms with Gasteiger partial charge in [0.25, 0.3) is 0 Å². The monoisotopic (exact) mass is 363 g/mol. The first-order valence-corrected chi connectivity index (χ1v) is 10.9. The Bertz CT molecular complexity index is 474. The maximum absolute atomic E-state index is 13.3. The molecule has 0 N–H and O–H groups in total. The molecule has 1 atom stereocenters. The first-order chi connectivity index (χ1) is 12.6. The molecule has 148 valence electrons. The summed E-state index contributed by atoms with van der Waals surface area (Å²) in [6.45, 7) is 9.34. The summed E-state index contributed by atoms with van der Waals surface area (Å²) >= 11 is 0. The van der Waals surface area contributed by atoms with Crippen LogP contribution >= 0.6 is 0 Å². The molecule has 2 saturated heterocycles. The van der Waals surface area contributed by atoms with Crippen molar-refractivity contribution in [2.75, 3.05) is 39.3 Å². The zero-order valence-electron chi connectivity index (χ0n) is 16.8. The molecule has 0 spiro atoms. The predicted molar refractivity (Wildman–Crippen MR) is 104 cm³/mol. The molecule has 5 nitrogen and oxygen atoms in total. The maximum Gasteiger partial charge on any atom is 0.240 e. The minimum atomic E-state index is 0.0537. The molecule has 3 rings (SSSR count). The maximum atomic E-state index is 13.3. The van der Waals surface area contributed by atoms with Crippen LogP contribution in [-0.4, -0.2) is 71.8 Å². The Kier molecular flexibility index (Phi) is 6.96. The van der Waals surface area contributed by atoms with E-state index >= 15 is 0 Å². The fourth-order valence-corrected chi connectivity index (χ4v) is 4.96. The molecule has 3 aliphatic rings. The van der Waals surface area contributed by atoms with E-state index in [4.69, 9.17) is 0 Å². The zero-order valence-corrected chi connectivity index (χ0v) is 16.8. The third kappa shape index (κ3) is 4.79. The van der Waals surface area contributed by atoms with Crippen LogP contribution in [0.5, 0.6) is 0 Å². The summed E-state index contributed by atoms with van der Waals surface area (Å²) in [7, 11) is 0. The van der Waals surface area contributed by atoms with Gasteiger partial charge in [-0.15, -0.1) is 0 Å². The average molecular weight is 364 g/mol. The van der Waals surface area contributed by atoms with Crippen molar-refractivity contribution in [1.29, 1.82) is 0 Å². The van der Waals surface area contributed by atoms with Crippen LogP contribution < -0.4 is 0 Å². The number of rotatable bonds is 5. The first-order valence-electron chi connectivity index (χ1n) is 10.9. The summed E-state index contributed by atoms with van der Waals surface area (Å²) in [5.41, 5.74) is 0. The predicted octanol–water partition coefficient (Wildman–Crippen LogP) is 2.75. The third-order valence-corrected chi connectivity index (χ3v) is 6.41. The van der Waals surface area contributed by atoms with E-state index in [-0.39, 0.29) is 11.9 Å². The molecule has 26 heavy (non-hydrogen) atoms. The standard InChI is InChI=1S/C21H37N3O2/c1-17(2)16-19(25)22-12-14-23(15-13-22)20(18-8-4-5-9-18)21(26)24-10-6-3-7-11-24/h17-18,20H,3-16H2,1-2H3. The van der Waals surface area contributed by atoms with Crippen LogP contribution in [0, 0.1) is 11.8 Å². The highest BCUT2D eigenvalue weighted by molar-refractivity contribution is 5.82. The largest absolute Gasteiger partial charge is 0.341 e. The van der Waals surface area contributed by atoms with Crippen molar-refractivity contribution >= 4 is 11.8 Å². The first kappa shape index (κ1) is 19.7. The molecule has 1 aliphatic carbocycles. The van der Waals surface area contributed by atoms with E-state index in [1.54, 1.807) is 0 Å². The van der Waals surface area contributed by atoms with Crippen LogP contribution in [0.1, 0.15) is 65.2 Å². The molecule has 0 bridgehead atoms. The molecule has 0 radical (unpaired) electrons. The van der Waals surface area contributed by atoms with E-state index in [1.165, 1.54) is 32.1 Å². The molecule has 2 heterocycles. The Balaban J connectivity index is 1.62. The quantitative estimate of drug-likeness (QED) is 0.754. The number of nitrogens with zero attached hydrogens (tertiary/aromatic N) is 3. The van der Waals surface area contributed by atoms with Crippen molar-refractivity contribution < 1.29 is 9.59 Å². The highest BCUT2D eigenvalue weighted by atomic mass is 16.2. The lowest BCUT2D eigenvalue weighted by atomic mass is 9.93. The Hall–Kier alpha value is -1.10. The van der Waals surface area contributed by atoms with E-state index in [0.717, 1.165) is 52.1 Å². The molecule has 0 aromatic rings. The molecule has 1 unspecified atom stereocenters. The van der Waals surface area contributed by atoms with Gasteiger partial charge in [0.15, 0.2) is 0 Å². The lowest BCUT2D eigenvalue weighted by Crippen LogP contribution is -2.59. The molecule has 3 fully saturated rings. The van der Waals surface area contributed by atoms with E-state index in [1.807, 2.05) is 4.90 Å². The third-order valence-electron chi connectivity index (χ3n) is 6.41. The molecular formula is C21H37N3O2. The van der Waals surface area contributed by atoms with Gasteiger partial charge in [0.1, 0.15) is 0 Å². The van der Waals surface area contributed by atoms with Gasteiger partial charge in [-0.25, -0.2) is 0 Å². The van der Waals surface area contributed by atoms with Crippen molar-refractivity contribution in [2.45, 2.75) is 71.3 Å². The molecular weight excluding hydrogens is 326 g/mol. The summed E-state index contributed by atoms with van der Waals surface area (Å²) in [4.78, 5) is 32.2. The number of piperazine rings is 1. The normalized spacial score (nSPS) is 24.3. The summed E-state index contributed by atoms with van der Waals surface area (Å²) in [5.74, 6) is 1.58. The SMILES string of the molecule is CC(C)CC(=O)N1CCN(C(C(=O)N2CCCCC2)C2CCCC2)CC1. The summed E-state index contributed by atoms with van der Waals surface area (Å²) in [5, 5.41) is 0. The number of hydrogen-bond acceptors (Lipinski definition) is 3. The van der Waals surface area contributed by atoms with Gasteiger partial charge in [0, 0.05) is 45.7 Å². The average Bonchev–Trinajstić information content (AvgIpc) is 3.17. The fourth-order valence-electron chi connectivity index (χ4n) is 4.96. The van der Waals surface area contributed by atoms with Crippen molar-refractivity contribution in [3.8, 4) is 0 Å². The topological polar surface area (TPSA) is 43.9 Å². The smallest absolute Gasteiger partial charge is 0.240 e. The summed E-state index contributed by atoms with van der Waals surface area (Å²) in [6, 6.07) is 0.0537. The van der Waals surface area contributed by atoms with Gasteiger partial charge >= 0.3 is 0 Å². The van der Waals surface area contributed by atoms with Crippen LogP contribution in [0.3, 0.4) is 0 Å². The van der Waals surface area contributed by atoms with E-state index in [9.17, 15) is 9.59 Å². The lowest BCUT2D eigenvalue weighted by molar-refractivity contribution is -0.142. The van der Waals surface area contributed by atoms with Crippen LogP contribution in [0.2, 0.25) is 0 Å².